The van der Waals surface area contributed by atoms with Gasteiger partial charge in [-0.1, -0.05) is 5.11 Å². The molecular formula is C5H6IN3O2. The second-order valence-electron chi connectivity index (χ2n) is 1.58. The first-order valence-electron chi connectivity index (χ1n) is 2.63. The van der Waals surface area contributed by atoms with E-state index in [1.165, 1.54) is 7.11 Å². The third-order valence-electron chi connectivity index (χ3n) is 0.877. The number of allylic oxidation sites excluding steroid dienone is 1. The van der Waals surface area contributed by atoms with Crippen molar-refractivity contribution in [1.82, 2.24) is 0 Å². The highest BCUT2D eigenvalue weighted by molar-refractivity contribution is 14.1. The molecule has 0 saturated carbocycles. The number of nitrogens with zero attached hydrogens (tertiary/aromatic N) is 3. The van der Waals surface area contributed by atoms with E-state index in [4.69, 9.17) is 5.53 Å². The molecule has 0 heterocycles. The smallest absolute Gasteiger partial charge is 0.344 e. The van der Waals surface area contributed by atoms with Crippen molar-refractivity contribution in [3.63, 3.8) is 0 Å². The van der Waals surface area contributed by atoms with Crippen molar-refractivity contribution >= 4 is 28.6 Å². The van der Waals surface area contributed by atoms with E-state index in [2.05, 4.69) is 14.8 Å². The first-order chi connectivity index (χ1) is 5.13. The summed E-state index contributed by atoms with van der Waals surface area (Å²) >= 11 is 1.76. The van der Waals surface area contributed by atoms with Crippen LogP contribution in [-0.2, 0) is 9.53 Å². The standard InChI is InChI=1S/C5H6IN3O2/c1-3(8-9-7)4(6)5(10)11-2/h1-2H3/b4-3+. The van der Waals surface area contributed by atoms with Gasteiger partial charge in [0, 0.05) is 10.6 Å². The minimum atomic E-state index is -0.490. The molecular weight excluding hydrogens is 261 g/mol. The van der Waals surface area contributed by atoms with Crippen molar-refractivity contribution in [3.8, 4) is 0 Å². The summed E-state index contributed by atoms with van der Waals surface area (Å²) in [7, 11) is 1.27. The molecule has 0 rings (SSSR count). The molecule has 0 amide bonds. The number of azide groups is 1. The number of methoxy groups -OCH3 is 1. The van der Waals surface area contributed by atoms with Crippen molar-refractivity contribution in [1.29, 1.82) is 0 Å². The Balaban J connectivity index is 4.65. The number of carbonyl (C=O) groups excluding carboxylic acids is 1. The van der Waals surface area contributed by atoms with E-state index in [1.54, 1.807) is 29.5 Å². The van der Waals surface area contributed by atoms with E-state index in [-0.39, 0.29) is 0 Å². The van der Waals surface area contributed by atoms with Crippen LogP contribution in [0.3, 0.4) is 0 Å². The molecule has 5 nitrogen and oxygen atoms in total. The van der Waals surface area contributed by atoms with Gasteiger partial charge in [-0.05, 0) is 35.0 Å². The second kappa shape index (κ2) is 4.97. The summed E-state index contributed by atoms with van der Waals surface area (Å²) in [6.07, 6.45) is 0. The van der Waals surface area contributed by atoms with Gasteiger partial charge in [0.25, 0.3) is 0 Å². The molecule has 0 aliphatic carbocycles. The lowest BCUT2D eigenvalue weighted by molar-refractivity contribution is -0.135. The molecule has 0 fully saturated rings. The fourth-order valence-corrected chi connectivity index (χ4v) is 0.676. The molecule has 0 aromatic carbocycles. The van der Waals surface area contributed by atoms with Crippen molar-refractivity contribution in [2.75, 3.05) is 7.11 Å². The topological polar surface area (TPSA) is 75.1 Å². The summed E-state index contributed by atoms with van der Waals surface area (Å²) in [6.45, 7) is 1.54. The molecule has 0 aliphatic rings. The van der Waals surface area contributed by atoms with Gasteiger partial charge in [0.2, 0.25) is 0 Å². The highest BCUT2D eigenvalue weighted by atomic mass is 127. The van der Waals surface area contributed by atoms with Crippen LogP contribution in [0, 0.1) is 0 Å². The van der Waals surface area contributed by atoms with Crippen molar-refractivity contribution in [3.05, 3.63) is 19.7 Å². The van der Waals surface area contributed by atoms with Crippen LogP contribution in [0.5, 0.6) is 0 Å². The van der Waals surface area contributed by atoms with Gasteiger partial charge in [-0.25, -0.2) is 4.79 Å². The minimum Gasteiger partial charge on any atom is -0.465 e. The second-order valence-corrected chi connectivity index (χ2v) is 2.66. The minimum absolute atomic E-state index is 0.294. The zero-order valence-electron chi connectivity index (χ0n) is 6.04. The molecule has 0 saturated heterocycles. The van der Waals surface area contributed by atoms with Crippen molar-refractivity contribution in [2.45, 2.75) is 6.92 Å². The van der Waals surface area contributed by atoms with Gasteiger partial charge in [-0.3, -0.25) is 0 Å². The maximum atomic E-state index is 10.8. The zero-order chi connectivity index (χ0) is 8.85. The molecule has 0 aliphatic heterocycles. The Morgan fingerprint density at radius 2 is 2.27 bits per heavy atom. The van der Waals surface area contributed by atoms with Crippen LogP contribution in [0.4, 0.5) is 0 Å². The van der Waals surface area contributed by atoms with Gasteiger partial charge in [-0.2, -0.15) is 0 Å². The van der Waals surface area contributed by atoms with Crippen LogP contribution in [0.25, 0.3) is 10.4 Å². The summed E-state index contributed by atoms with van der Waals surface area (Å²) in [5.74, 6) is -0.490. The van der Waals surface area contributed by atoms with Crippen LogP contribution in [0.15, 0.2) is 14.4 Å². The highest BCUT2D eigenvalue weighted by Crippen LogP contribution is 2.14. The summed E-state index contributed by atoms with van der Waals surface area (Å²) in [5, 5.41) is 3.25. The Morgan fingerprint density at radius 3 is 2.64 bits per heavy atom. The fourth-order valence-electron chi connectivity index (χ4n) is 0.348. The molecule has 0 bridgehead atoms. The highest BCUT2D eigenvalue weighted by Gasteiger charge is 2.07. The maximum Gasteiger partial charge on any atom is 0.344 e. The summed E-state index contributed by atoms with van der Waals surface area (Å²) in [5.41, 5.74) is 8.33. The van der Waals surface area contributed by atoms with Crippen LogP contribution in [0.1, 0.15) is 6.92 Å². The lowest BCUT2D eigenvalue weighted by atomic mass is 10.4. The Labute approximate surface area is 77.2 Å². The molecule has 60 valence electrons. The normalized spacial score (nSPS) is 11.2. The fraction of sp³-hybridized carbons (Fsp3) is 0.400. The van der Waals surface area contributed by atoms with E-state index in [0.29, 0.717) is 9.28 Å². The van der Waals surface area contributed by atoms with Crippen molar-refractivity contribution < 1.29 is 9.53 Å². The van der Waals surface area contributed by atoms with Crippen molar-refractivity contribution in [2.24, 2.45) is 5.11 Å². The van der Waals surface area contributed by atoms with Gasteiger partial charge in [0.1, 0.15) is 3.58 Å². The molecule has 0 aromatic heterocycles. The predicted octanol–water partition coefficient (Wildman–Crippen LogP) is 2.14. The molecule has 0 N–H and O–H groups in total. The quantitative estimate of drug-likeness (QED) is 0.192. The summed E-state index contributed by atoms with van der Waals surface area (Å²) in [4.78, 5) is 13.3. The number of halogens is 1. The first kappa shape index (κ1) is 10.2. The summed E-state index contributed by atoms with van der Waals surface area (Å²) < 4.78 is 4.69. The maximum absolute atomic E-state index is 10.8. The molecule has 0 atom stereocenters. The molecule has 0 unspecified atom stereocenters. The van der Waals surface area contributed by atoms with Gasteiger partial charge >= 0.3 is 5.97 Å². The molecule has 0 spiro atoms. The third kappa shape index (κ3) is 3.24. The average molecular weight is 267 g/mol. The van der Waals surface area contributed by atoms with E-state index < -0.39 is 5.97 Å². The Bertz CT molecular complexity index is 242. The lowest BCUT2D eigenvalue weighted by Gasteiger charge is -1.96. The number of ether oxygens (including phenoxy) is 1. The van der Waals surface area contributed by atoms with Gasteiger partial charge < -0.3 is 4.74 Å². The Morgan fingerprint density at radius 1 is 1.73 bits per heavy atom. The Hall–Kier alpha value is -0.750. The number of hydrogen-bond acceptors (Lipinski definition) is 3. The number of rotatable bonds is 2. The first-order valence-corrected chi connectivity index (χ1v) is 3.71. The van der Waals surface area contributed by atoms with Crippen LogP contribution in [-0.4, -0.2) is 13.1 Å². The SMILES string of the molecule is COC(=O)/C(I)=C(/C)N=[N+]=[N-]. The monoisotopic (exact) mass is 267 g/mol. The third-order valence-corrected chi connectivity index (χ3v) is 2.10. The summed E-state index contributed by atoms with van der Waals surface area (Å²) in [6, 6.07) is 0. The van der Waals surface area contributed by atoms with E-state index in [0.717, 1.165) is 0 Å². The largest absolute Gasteiger partial charge is 0.465 e. The number of esters is 1. The Kier molecular flexibility index (Phi) is 4.64. The molecule has 11 heavy (non-hydrogen) atoms. The van der Waals surface area contributed by atoms with E-state index in [1.807, 2.05) is 0 Å². The van der Waals surface area contributed by atoms with Crippen LogP contribution < -0.4 is 0 Å². The van der Waals surface area contributed by atoms with Gasteiger partial charge in [0.15, 0.2) is 0 Å². The molecule has 0 radical (unpaired) electrons. The van der Waals surface area contributed by atoms with Crippen LogP contribution in [0.2, 0.25) is 0 Å². The van der Waals surface area contributed by atoms with Gasteiger partial charge in [-0.15, -0.1) is 0 Å². The predicted molar refractivity (Wildman–Crippen MR) is 47.9 cm³/mol. The van der Waals surface area contributed by atoms with E-state index >= 15 is 0 Å². The van der Waals surface area contributed by atoms with E-state index in [9.17, 15) is 4.79 Å². The zero-order valence-corrected chi connectivity index (χ0v) is 8.19. The number of hydrogen-bond donors (Lipinski definition) is 0. The molecule has 0 aromatic rings. The lowest BCUT2D eigenvalue weighted by Crippen LogP contribution is -2.00. The van der Waals surface area contributed by atoms with Gasteiger partial charge in [0.05, 0.1) is 7.11 Å². The molecule has 6 heteroatoms. The number of carbonyl (C=O) groups is 1. The van der Waals surface area contributed by atoms with Crippen LogP contribution >= 0.6 is 22.6 Å². The average Bonchev–Trinajstić information content (AvgIpc) is 2.02.